The van der Waals surface area contributed by atoms with E-state index in [-0.39, 0.29) is 22.8 Å². The van der Waals surface area contributed by atoms with Crippen LogP contribution in [-0.4, -0.2) is 54.2 Å². The van der Waals surface area contributed by atoms with Crippen LogP contribution in [0.5, 0.6) is 0 Å². The lowest BCUT2D eigenvalue weighted by molar-refractivity contribution is 0.0918. The Bertz CT molecular complexity index is 582. The van der Waals surface area contributed by atoms with Crippen LogP contribution in [0.3, 0.4) is 0 Å². The molecule has 1 aromatic heterocycles. The summed E-state index contributed by atoms with van der Waals surface area (Å²) >= 11 is 5.60. The van der Waals surface area contributed by atoms with Crippen LogP contribution >= 0.6 is 11.6 Å². The van der Waals surface area contributed by atoms with Crippen molar-refractivity contribution in [2.24, 2.45) is 0 Å². The summed E-state index contributed by atoms with van der Waals surface area (Å²) < 4.78 is 24.2. The van der Waals surface area contributed by atoms with Crippen molar-refractivity contribution in [1.29, 1.82) is 0 Å². The van der Waals surface area contributed by atoms with Gasteiger partial charge in [-0.15, -0.1) is 10.2 Å². The number of aromatic nitrogens is 2. The second-order valence-electron chi connectivity index (χ2n) is 4.65. The summed E-state index contributed by atoms with van der Waals surface area (Å²) in [5, 5.41) is 10.3. The molecule has 0 bridgehead atoms. The van der Waals surface area contributed by atoms with Gasteiger partial charge in [-0.1, -0.05) is 11.6 Å². The van der Waals surface area contributed by atoms with Gasteiger partial charge >= 0.3 is 0 Å². The number of nitrogens with zero attached hydrogens (tertiary/aromatic N) is 3. The summed E-state index contributed by atoms with van der Waals surface area (Å²) in [6, 6.07) is 2.93. The minimum atomic E-state index is -3.15. The van der Waals surface area contributed by atoms with Gasteiger partial charge in [-0.3, -0.25) is 4.79 Å². The number of carbonyl (C=O) groups excluding carboxylic acids is 1. The lowest BCUT2D eigenvalue weighted by Gasteiger charge is -2.30. The van der Waals surface area contributed by atoms with Gasteiger partial charge in [-0.05, 0) is 25.0 Å². The molecule has 1 N–H and O–H groups in total. The second-order valence-corrected chi connectivity index (χ2v) is 7.02. The van der Waals surface area contributed by atoms with E-state index in [1.807, 2.05) is 0 Å². The highest BCUT2D eigenvalue weighted by Crippen LogP contribution is 2.13. The van der Waals surface area contributed by atoms with E-state index < -0.39 is 10.0 Å². The van der Waals surface area contributed by atoms with E-state index in [1.54, 1.807) is 0 Å². The van der Waals surface area contributed by atoms with Gasteiger partial charge in [-0.25, -0.2) is 12.7 Å². The summed E-state index contributed by atoms with van der Waals surface area (Å²) in [6.45, 7) is 0.826. The van der Waals surface area contributed by atoms with E-state index in [0.717, 1.165) is 0 Å². The number of rotatable bonds is 3. The van der Waals surface area contributed by atoms with Crippen molar-refractivity contribution in [2.75, 3.05) is 19.3 Å². The highest BCUT2D eigenvalue weighted by atomic mass is 35.5. The van der Waals surface area contributed by atoms with E-state index >= 15 is 0 Å². The molecule has 1 aliphatic rings. The van der Waals surface area contributed by atoms with Gasteiger partial charge in [0, 0.05) is 19.1 Å². The first-order chi connectivity index (χ1) is 9.36. The molecule has 1 fully saturated rings. The number of halogens is 1. The number of carbonyl (C=O) groups is 1. The number of piperidine rings is 1. The number of amides is 1. The van der Waals surface area contributed by atoms with Crippen LogP contribution in [0.2, 0.25) is 5.15 Å². The predicted molar refractivity (Wildman–Crippen MR) is 73.9 cm³/mol. The van der Waals surface area contributed by atoms with Crippen molar-refractivity contribution in [3.63, 3.8) is 0 Å². The topological polar surface area (TPSA) is 92.3 Å². The Balaban J connectivity index is 1.89. The predicted octanol–water partition coefficient (Wildman–Crippen LogP) is 0.284. The molecule has 9 heteroatoms. The SMILES string of the molecule is CS(=O)(=O)N1CCC(NC(=O)c2ccc(Cl)nn2)CC1. The van der Waals surface area contributed by atoms with Crippen molar-refractivity contribution in [2.45, 2.75) is 18.9 Å². The summed E-state index contributed by atoms with van der Waals surface area (Å²) in [5.74, 6) is -0.327. The van der Waals surface area contributed by atoms with Crippen molar-refractivity contribution in [1.82, 2.24) is 19.8 Å². The van der Waals surface area contributed by atoms with Crippen LogP contribution in [0, 0.1) is 0 Å². The Kier molecular flexibility index (Phi) is 4.56. The highest BCUT2D eigenvalue weighted by Gasteiger charge is 2.26. The molecule has 0 unspecified atom stereocenters. The number of hydrogen-bond acceptors (Lipinski definition) is 5. The fourth-order valence-electron chi connectivity index (χ4n) is 2.03. The molecule has 1 aliphatic heterocycles. The Hall–Kier alpha value is -1.25. The molecule has 110 valence electrons. The maximum absolute atomic E-state index is 11.9. The second kappa shape index (κ2) is 6.02. The van der Waals surface area contributed by atoms with E-state index in [1.165, 1.54) is 22.7 Å². The largest absolute Gasteiger partial charge is 0.348 e. The molecule has 0 aliphatic carbocycles. The minimum absolute atomic E-state index is 0.0574. The van der Waals surface area contributed by atoms with E-state index in [0.29, 0.717) is 25.9 Å². The molecule has 0 radical (unpaired) electrons. The van der Waals surface area contributed by atoms with Crippen molar-refractivity contribution < 1.29 is 13.2 Å². The smallest absolute Gasteiger partial charge is 0.272 e. The first-order valence-corrected chi connectivity index (χ1v) is 8.34. The molecule has 7 nitrogen and oxygen atoms in total. The van der Waals surface area contributed by atoms with Crippen LogP contribution < -0.4 is 5.32 Å². The molecule has 0 aromatic carbocycles. The van der Waals surface area contributed by atoms with Gasteiger partial charge in [0.15, 0.2) is 10.8 Å². The zero-order valence-corrected chi connectivity index (χ0v) is 12.5. The van der Waals surface area contributed by atoms with E-state index in [9.17, 15) is 13.2 Å². The molecule has 2 rings (SSSR count). The average Bonchev–Trinajstić information content (AvgIpc) is 2.39. The van der Waals surface area contributed by atoms with Gasteiger partial charge in [-0.2, -0.15) is 0 Å². The van der Waals surface area contributed by atoms with Crippen LogP contribution in [-0.2, 0) is 10.0 Å². The highest BCUT2D eigenvalue weighted by molar-refractivity contribution is 7.88. The third kappa shape index (κ3) is 3.87. The quantitative estimate of drug-likeness (QED) is 0.864. The lowest BCUT2D eigenvalue weighted by Crippen LogP contribution is -2.46. The average molecular weight is 319 g/mol. The van der Waals surface area contributed by atoms with E-state index in [4.69, 9.17) is 11.6 Å². The van der Waals surface area contributed by atoms with Crippen LogP contribution in [0.1, 0.15) is 23.3 Å². The number of hydrogen-bond donors (Lipinski definition) is 1. The molecule has 2 heterocycles. The zero-order chi connectivity index (χ0) is 14.8. The van der Waals surface area contributed by atoms with E-state index in [2.05, 4.69) is 15.5 Å². The lowest BCUT2D eigenvalue weighted by atomic mass is 10.1. The Morgan fingerprint density at radius 2 is 2.00 bits per heavy atom. The molecule has 1 amide bonds. The molecule has 0 atom stereocenters. The molecular formula is C11H15ClN4O3S. The maximum Gasteiger partial charge on any atom is 0.272 e. The molecule has 1 aromatic rings. The first kappa shape index (κ1) is 15.1. The normalized spacial score (nSPS) is 17.9. The zero-order valence-electron chi connectivity index (χ0n) is 10.9. The van der Waals surface area contributed by atoms with Crippen LogP contribution in [0.25, 0.3) is 0 Å². The Morgan fingerprint density at radius 1 is 1.35 bits per heavy atom. The number of sulfonamides is 1. The standard InChI is InChI=1S/C11H15ClN4O3S/c1-20(18,19)16-6-4-8(5-7-16)13-11(17)9-2-3-10(12)15-14-9/h2-3,8H,4-7H2,1H3,(H,13,17). The summed E-state index contributed by atoms with van der Waals surface area (Å²) in [4.78, 5) is 11.9. The van der Waals surface area contributed by atoms with Crippen LogP contribution in [0.15, 0.2) is 12.1 Å². The summed E-state index contributed by atoms with van der Waals surface area (Å²) in [7, 11) is -3.15. The first-order valence-electron chi connectivity index (χ1n) is 6.11. The molecule has 0 spiro atoms. The Morgan fingerprint density at radius 3 is 2.50 bits per heavy atom. The van der Waals surface area contributed by atoms with Crippen molar-refractivity contribution in [3.8, 4) is 0 Å². The fourth-order valence-corrected chi connectivity index (χ4v) is 3.00. The third-order valence-corrected chi connectivity index (χ3v) is 4.63. The summed E-state index contributed by atoms with van der Waals surface area (Å²) in [5.41, 5.74) is 0.194. The fraction of sp³-hybridized carbons (Fsp3) is 0.545. The minimum Gasteiger partial charge on any atom is -0.348 e. The Labute approximate surface area is 122 Å². The monoisotopic (exact) mass is 318 g/mol. The van der Waals surface area contributed by atoms with Gasteiger partial charge in [0.1, 0.15) is 0 Å². The van der Waals surface area contributed by atoms with Gasteiger partial charge in [0.25, 0.3) is 5.91 Å². The molecule has 20 heavy (non-hydrogen) atoms. The molecular weight excluding hydrogens is 304 g/mol. The van der Waals surface area contributed by atoms with Gasteiger partial charge < -0.3 is 5.32 Å². The number of nitrogens with one attached hydrogen (secondary N) is 1. The van der Waals surface area contributed by atoms with Gasteiger partial charge in [0.05, 0.1) is 6.26 Å². The van der Waals surface area contributed by atoms with Crippen molar-refractivity contribution in [3.05, 3.63) is 23.0 Å². The molecule has 0 saturated carbocycles. The molecule has 1 saturated heterocycles. The van der Waals surface area contributed by atoms with Gasteiger partial charge in [0.2, 0.25) is 10.0 Å². The van der Waals surface area contributed by atoms with Crippen molar-refractivity contribution >= 4 is 27.5 Å². The summed E-state index contributed by atoms with van der Waals surface area (Å²) in [6.07, 6.45) is 2.36. The maximum atomic E-state index is 11.9. The third-order valence-electron chi connectivity index (χ3n) is 3.12. The van der Waals surface area contributed by atoms with Crippen LogP contribution in [0.4, 0.5) is 0 Å².